The van der Waals surface area contributed by atoms with E-state index in [1.807, 2.05) is 19.2 Å². The molecule has 0 saturated carbocycles. The van der Waals surface area contributed by atoms with Gasteiger partial charge in [-0.2, -0.15) is 13.2 Å². The molecule has 8 heteroatoms. The summed E-state index contributed by atoms with van der Waals surface area (Å²) >= 11 is 1.43. The highest BCUT2D eigenvalue weighted by Gasteiger charge is 2.30. The molecule has 26 heavy (non-hydrogen) atoms. The van der Waals surface area contributed by atoms with E-state index in [0.717, 1.165) is 17.1 Å². The summed E-state index contributed by atoms with van der Waals surface area (Å²) in [4.78, 5) is 16.0. The zero-order chi connectivity index (χ0) is 19.2. The van der Waals surface area contributed by atoms with Crippen molar-refractivity contribution < 1.29 is 18.0 Å². The van der Waals surface area contributed by atoms with Crippen LogP contribution in [0, 0.1) is 5.92 Å². The van der Waals surface area contributed by atoms with Gasteiger partial charge in [0.25, 0.3) is 0 Å². The Morgan fingerprint density at radius 3 is 2.50 bits per heavy atom. The van der Waals surface area contributed by atoms with Crippen molar-refractivity contribution in [3.05, 3.63) is 52.5 Å². The molecule has 1 aromatic heterocycles. The van der Waals surface area contributed by atoms with Crippen LogP contribution in [0.1, 0.15) is 24.4 Å². The molecule has 0 spiro atoms. The van der Waals surface area contributed by atoms with Crippen LogP contribution in [0.4, 0.5) is 18.9 Å². The number of nitrogens with zero attached hydrogens (tertiary/aromatic N) is 1. The number of amides is 1. The van der Waals surface area contributed by atoms with Gasteiger partial charge in [-0.05, 0) is 36.3 Å². The number of hydrogen-bond acceptors (Lipinski definition) is 4. The molecule has 2 rings (SSSR count). The molecule has 0 aliphatic carbocycles. The highest BCUT2D eigenvalue weighted by molar-refractivity contribution is 7.10. The van der Waals surface area contributed by atoms with Crippen molar-refractivity contribution in [3.8, 4) is 0 Å². The van der Waals surface area contributed by atoms with Crippen LogP contribution in [0.2, 0.25) is 0 Å². The largest absolute Gasteiger partial charge is 0.416 e. The van der Waals surface area contributed by atoms with Gasteiger partial charge in [-0.25, -0.2) is 4.98 Å². The Kier molecular flexibility index (Phi) is 6.79. The third kappa shape index (κ3) is 6.18. The minimum atomic E-state index is -4.35. The molecule has 0 bridgehead atoms. The summed E-state index contributed by atoms with van der Waals surface area (Å²) in [6.07, 6.45) is 0.348. The monoisotopic (exact) mass is 383 g/mol. The summed E-state index contributed by atoms with van der Waals surface area (Å²) in [7, 11) is 0. The predicted molar refractivity (Wildman–Crippen MR) is 97.9 cm³/mol. The Morgan fingerprint density at radius 2 is 1.96 bits per heavy atom. The summed E-state index contributed by atoms with van der Waals surface area (Å²) < 4.78 is 37.8. The molecule has 140 valence electrons. The van der Waals surface area contributed by atoms with Crippen molar-refractivity contribution in [2.45, 2.75) is 26.1 Å². The third-order valence-corrected chi connectivity index (χ3v) is 4.43. The first kappa shape index (κ1) is 20.0. The minimum Gasteiger partial charge on any atom is -0.380 e. The summed E-state index contributed by atoms with van der Waals surface area (Å²) in [5.74, 6) is -0.0828. The molecule has 0 aliphatic rings. The van der Waals surface area contributed by atoms with E-state index in [9.17, 15) is 18.0 Å². The van der Waals surface area contributed by atoms with Gasteiger partial charge in [0.2, 0.25) is 5.91 Å². The van der Waals surface area contributed by atoms with Crippen LogP contribution in [-0.4, -0.2) is 23.5 Å². The number of anilines is 1. The molecule has 1 atom stereocenters. The maximum Gasteiger partial charge on any atom is 0.416 e. The molecule has 0 radical (unpaired) electrons. The lowest BCUT2D eigenvalue weighted by atomic mass is 10.0. The van der Waals surface area contributed by atoms with Crippen LogP contribution in [0.25, 0.3) is 6.08 Å². The van der Waals surface area contributed by atoms with Gasteiger partial charge in [0.1, 0.15) is 5.01 Å². The van der Waals surface area contributed by atoms with Crippen LogP contribution in [-0.2, 0) is 11.0 Å². The average molecular weight is 383 g/mol. The standard InChI is InChI=1S/C18H20F3N3OS/c1-12(2)15(11-23-16(25)7-8-17-22-9-10-26-17)24-14-5-3-13(4-6-14)18(19,20)21/h3-10,12,15,24H,11H2,1-2H3,(H,23,25)/t15-/m0/s1. The predicted octanol–water partition coefficient (Wildman–Crippen LogP) is 4.43. The molecule has 1 aromatic carbocycles. The molecule has 1 heterocycles. The van der Waals surface area contributed by atoms with Crippen LogP contribution in [0.3, 0.4) is 0 Å². The van der Waals surface area contributed by atoms with Gasteiger partial charge in [-0.15, -0.1) is 11.3 Å². The molecule has 0 fully saturated rings. The van der Waals surface area contributed by atoms with E-state index in [1.165, 1.54) is 29.5 Å². The van der Waals surface area contributed by atoms with E-state index in [1.54, 1.807) is 12.3 Å². The lowest BCUT2D eigenvalue weighted by Gasteiger charge is -2.24. The second kappa shape index (κ2) is 8.84. The number of alkyl halides is 3. The van der Waals surface area contributed by atoms with Crippen LogP contribution in [0.15, 0.2) is 41.9 Å². The first-order valence-corrected chi connectivity index (χ1v) is 8.93. The van der Waals surface area contributed by atoms with E-state index in [2.05, 4.69) is 15.6 Å². The average Bonchev–Trinajstić information content (AvgIpc) is 3.09. The Balaban J connectivity index is 1.91. The highest BCUT2D eigenvalue weighted by Crippen LogP contribution is 2.30. The maximum atomic E-state index is 12.6. The Morgan fingerprint density at radius 1 is 1.27 bits per heavy atom. The van der Waals surface area contributed by atoms with Crippen LogP contribution < -0.4 is 10.6 Å². The quantitative estimate of drug-likeness (QED) is 0.696. The lowest BCUT2D eigenvalue weighted by molar-refractivity contribution is -0.137. The smallest absolute Gasteiger partial charge is 0.380 e. The maximum absolute atomic E-state index is 12.6. The minimum absolute atomic E-state index is 0.121. The van der Waals surface area contributed by atoms with E-state index in [-0.39, 0.29) is 17.9 Å². The first-order valence-electron chi connectivity index (χ1n) is 8.05. The first-order chi connectivity index (χ1) is 12.3. The topological polar surface area (TPSA) is 54.0 Å². The molecule has 4 nitrogen and oxygen atoms in total. The Bertz CT molecular complexity index is 725. The van der Waals surface area contributed by atoms with Gasteiger partial charge >= 0.3 is 6.18 Å². The van der Waals surface area contributed by atoms with Crippen molar-refractivity contribution in [1.82, 2.24) is 10.3 Å². The summed E-state index contributed by atoms with van der Waals surface area (Å²) in [6, 6.07) is 4.73. The van der Waals surface area contributed by atoms with Crippen LogP contribution in [0.5, 0.6) is 0 Å². The Labute approximate surface area is 154 Å². The van der Waals surface area contributed by atoms with Crippen molar-refractivity contribution in [1.29, 1.82) is 0 Å². The zero-order valence-corrected chi connectivity index (χ0v) is 15.2. The fraction of sp³-hybridized carbons (Fsp3) is 0.333. The van der Waals surface area contributed by atoms with Gasteiger partial charge in [0.05, 0.1) is 5.56 Å². The van der Waals surface area contributed by atoms with Gasteiger partial charge in [0.15, 0.2) is 0 Å². The summed E-state index contributed by atoms with van der Waals surface area (Å²) in [5.41, 5.74) is -0.117. The number of hydrogen-bond donors (Lipinski definition) is 2. The molecule has 0 aliphatic heterocycles. The fourth-order valence-corrected chi connectivity index (χ4v) is 2.69. The van der Waals surface area contributed by atoms with E-state index in [4.69, 9.17) is 0 Å². The molecule has 0 unspecified atom stereocenters. The van der Waals surface area contributed by atoms with Gasteiger partial charge in [-0.1, -0.05) is 13.8 Å². The number of aromatic nitrogens is 1. The number of benzene rings is 1. The van der Waals surface area contributed by atoms with Crippen LogP contribution >= 0.6 is 11.3 Å². The number of carbonyl (C=O) groups is 1. The van der Waals surface area contributed by atoms with Crippen molar-refractivity contribution in [2.24, 2.45) is 5.92 Å². The summed E-state index contributed by atoms with van der Waals surface area (Å²) in [5, 5.41) is 8.52. The summed E-state index contributed by atoms with van der Waals surface area (Å²) in [6.45, 7) is 4.29. The third-order valence-electron chi connectivity index (χ3n) is 3.69. The molecular formula is C18H20F3N3OS. The Hall–Kier alpha value is -2.35. The van der Waals surface area contributed by atoms with Gasteiger partial charge in [-0.3, -0.25) is 4.79 Å². The second-order valence-corrected chi connectivity index (χ2v) is 6.94. The molecular weight excluding hydrogens is 363 g/mol. The zero-order valence-electron chi connectivity index (χ0n) is 14.4. The number of thiazole rings is 1. The molecule has 2 aromatic rings. The van der Waals surface area contributed by atoms with Gasteiger partial charge in [0, 0.05) is 35.9 Å². The SMILES string of the molecule is CC(C)[C@H](CNC(=O)C=Cc1nccs1)Nc1ccc(C(F)(F)F)cc1. The normalized spacial score (nSPS) is 13.2. The highest BCUT2D eigenvalue weighted by atomic mass is 32.1. The number of halogens is 3. The van der Waals surface area contributed by atoms with Crippen molar-refractivity contribution in [2.75, 3.05) is 11.9 Å². The lowest BCUT2D eigenvalue weighted by Crippen LogP contribution is -2.39. The van der Waals surface area contributed by atoms with E-state index >= 15 is 0 Å². The van der Waals surface area contributed by atoms with E-state index in [0.29, 0.717) is 12.2 Å². The number of nitrogens with one attached hydrogen (secondary N) is 2. The van der Waals surface area contributed by atoms with E-state index < -0.39 is 11.7 Å². The molecule has 1 amide bonds. The molecule has 2 N–H and O–H groups in total. The second-order valence-electron chi connectivity index (χ2n) is 6.02. The van der Waals surface area contributed by atoms with Crippen molar-refractivity contribution in [3.63, 3.8) is 0 Å². The van der Waals surface area contributed by atoms with Crippen molar-refractivity contribution >= 4 is 29.0 Å². The van der Waals surface area contributed by atoms with Gasteiger partial charge < -0.3 is 10.6 Å². The fourth-order valence-electron chi connectivity index (χ4n) is 2.16. The number of rotatable bonds is 7. The molecule has 0 saturated heterocycles. The number of carbonyl (C=O) groups excluding carboxylic acids is 1.